The maximum absolute atomic E-state index is 5.80. The summed E-state index contributed by atoms with van der Waals surface area (Å²) in [6.45, 7) is 6.59. The van der Waals surface area contributed by atoms with Crippen molar-refractivity contribution in [3.8, 4) is 0 Å². The average Bonchev–Trinajstić information content (AvgIpc) is 2.39. The summed E-state index contributed by atoms with van der Waals surface area (Å²) >= 11 is 0. The van der Waals surface area contributed by atoms with Crippen molar-refractivity contribution in [1.29, 1.82) is 0 Å². The Morgan fingerprint density at radius 2 is 2.12 bits per heavy atom. The van der Waals surface area contributed by atoms with Crippen LogP contribution in [0.3, 0.4) is 0 Å². The average molecular weight is 233 g/mol. The number of nitrogens with zero attached hydrogens (tertiary/aromatic N) is 2. The molecular weight excluding hydrogens is 210 g/mol. The molecule has 1 aliphatic heterocycles. The van der Waals surface area contributed by atoms with Crippen LogP contribution >= 0.6 is 0 Å². The van der Waals surface area contributed by atoms with Crippen LogP contribution in [0.1, 0.15) is 44.8 Å². The van der Waals surface area contributed by atoms with E-state index in [0.29, 0.717) is 0 Å². The molecule has 2 rings (SSSR count). The van der Waals surface area contributed by atoms with Gasteiger partial charge in [0.1, 0.15) is 0 Å². The van der Waals surface area contributed by atoms with Gasteiger partial charge in [0.25, 0.3) is 0 Å². The van der Waals surface area contributed by atoms with E-state index in [-0.39, 0.29) is 6.04 Å². The Bertz CT molecular complexity index is 337. The number of aromatic nitrogens is 1. The summed E-state index contributed by atoms with van der Waals surface area (Å²) in [5.74, 6) is 0.919. The van der Waals surface area contributed by atoms with Crippen molar-refractivity contribution in [3.63, 3.8) is 0 Å². The van der Waals surface area contributed by atoms with Crippen molar-refractivity contribution in [2.45, 2.75) is 39.2 Å². The van der Waals surface area contributed by atoms with Crippen molar-refractivity contribution < 1.29 is 0 Å². The molecule has 1 aromatic heterocycles. The molecule has 1 fully saturated rings. The molecule has 1 atom stereocenters. The summed E-state index contributed by atoms with van der Waals surface area (Å²) in [7, 11) is 0. The molecule has 2 N–H and O–H groups in total. The number of hydrogen-bond donors (Lipinski definition) is 1. The van der Waals surface area contributed by atoms with Crippen LogP contribution in [0, 0.1) is 5.92 Å². The Kier molecular flexibility index (Phi) is 4.00. The number of anilines is 1. The first-order valence-corrected chi connectivity index (χ1v) is 6.67. The predicted octanol–water partition coefficient (Wildman–Crippen LogP) is 2.73. The molecule has 2 heterocycles. The largest absolute Gasteiger partial charge is 0.370 e. The Balaban J connectivity index is 1.99. The summed E-state index contributed by atoms with van der Waals surface area (Å²) in [5, 5.41) is 0. The second-order valence-corrected chi connectivity index (χ2v) is 5.07. The van der Waals surface area contributed by atoms with Crippen LogP contribution in [0.15, 0.2) is 18.3 Å². The van der Waals surface area contributed by atoms with E-state index >= 15 is 0 Å². The molecule has 3 heteroatoms. The first kappa shape index (κ1) is 12.4. The van der Waals surface area contributed by atoms with Crippen molar-refractivity contribution >= 4 is 5.69 Å². The van der Waals surface area contributed by atoms with Gasteiger partial charge in [0, 0.05) is 19.1 Å². The molecule has 94 valence electrons. The van der Waals surface area contributed by atoms with Crippen molar-refractivity contribution in [2.75, 3.05) is 18.0 Å². The number of pyridine rings is 1. The summed E-state index contributed by atoms with van der Waals surface area (Å²) < 4.78 is 0. The maximum Gasteiger partial charge on any atom is 0.0569 e. The zero-order valence-electron chi connectivity index (χ0n) is 10.9. The summed E-state index contributed by atoms with van der Waals surface area (Å²) in [6.07, 6.45) is 5.90. The highest BCUT2D eigenvalue weighted by Crippen LogP contribution is 2.24. The van der Waals surface area contributed by atoms with Crippen molar-refractivity contribution in [1.82, 2.24) is 4.98 Å². The van der Waals surface area contributed by atoms with Crippen molar-refractivity contribution in [3.05, 3.63) is 24.0 Å². The molecule has 1 saturated heterocycles. The normalized spacial score (nSPS) is 19.4. The summed E-state index contributed by atoms with van der Waals surface area (Å²) in [4.78, 5) is 6.86. The van der Waals surface area contributed by atoms with E-state index in [1.165, 1.54) is 24.9 Å². The molecule has 0 saturated carbocycles. The Hall–Kier alpha value is -1.09. The van der Waals surface area contributed by atoms with Crippen LogP contribution in [0.2, 0.25) is 0 Å². The third-order valence-corrected chi connectivity index (χ3v) is 3.79. The smallest absolute Gasteiger partial charge is 0.0569 e. The molecule has 0 aliphatic carbocycles. The highest BCUT2D eigenvalue weighted by Gasteiger charge is 2.18. The van der Waals surface area contributed by atoms with Crippen LogP contribution in [-0.4, -0.2) is 18.1 Å². The van der Waals surface area contributed by atoms with Gasteiger partial charge in [-0.25, -0.2) is 0 Å². The van der Waals surface area contributed by atoms with Crippen molar-refractivity contribution in [2.24, 2.45) is 11.7 Å². The predicted molar refractivity (Wildman–Crippen MR) is 72.1 cm³/mol. The maximum atomic E-state index is 5.80. The third kappa shape index (κ3) is 2.97. The van der Waals surface area contributed by atoms with Gasteiger partial charge in [-0.05, 0) is 37.8 Å². The number of hydrogen-bond acceptors (Lipinski definition) is 3. The second kappa shape index (κ2) is 5.50. The van der Waals surface area contributed by atoms with Gasteiger partial charge in [-0.1, -0.05) is 13.3 Å². The highest BCUT2D eigenvalue weighted by atomic mass is 15.1. The molecule has 17 heavy (non-hydrogen) atoms. The van der Waals surface area contributed by atoms with Gasteiger partial charge in [-0.2, -0.15) is 0 Å². The quantitative estimate of drug-likeness (QED) is 0.873. The number of rotatable bonds is 3. The Labute approximate surface area is 104 Å². The lowest BCUT2D eigenvalue weighted by molar-refractivity contribution is 0.395. The van der Waals surface area contributed by atoms with Crippen LogP contribution in [-0.2, 0) is 0 Å². The first-order valence-electron chi connectivity index (χ1n) is 6.67. The molecule has 0 unspecified atom stereocenters. The fourth-order valence-corrected chi connectivity index (χ4v) is 2.45. The fraction of sp³-hybridized carbons (Fsp3) is 0.643. The van der Waals surface area contributed by atoms with Crippen LogP contribution in [0.5, 0.6) is 0 Å². The van der Waals surface area contributed by atoms with Gasteiger partial charge >= 0.3 is 0 Å². The standard InChI is InChI=1S/C14H23N3/c1-3-12-6-8-17(9-7-12)13-4-5-14(11(2)15)16-10-13/h4-5,10-12H,3,6-9,15H2,1-2H3/t11-/m0/s1. The lowest BCUT2D eigenvalue weighted by Crippen LogP contribution is -2.33. The van der Waals surface area contributed by atoms with E-state index in [9.17, 15) is 0 Å². The van der Waals surface area contributed by atoms with E-state index in [1.807, 2.05) is 19.2 Å². The minimum absolute atomic E-state index is 0.0230. The minimum Gasteiger partial charge on any atom is -0.370 e. The molecule has 1 aromatic rings. The van der Waals surface area contributed by atoms with E-state index in [0.717, 1.165) is 24.7 Å². The van der Waals surface area contributed by atoms with Crippen LogP contribution in [0.4, 0.5) is 5.69 Å². The van der Waals surface area contributed by atoms with E-state index in [4.69, 9.17) is 5.73 Å². The van der Waals surface area contributed by atoms with Gasteiger partial charge < -0.3 is 10.6 Å². The number of nitrogens with two attached hydrogens (primary N) is 1. The molecule has 0 aromatic carbocycles. The molecule has 1 aliphatic rings. The summed E-state index contributed by atoms with van der Waals surface area (Å²) in [5.41, 5.74) is 8.01. The summed E-state index contributed by atoms with van der Waals surface area (Å²) in [6, 6.07) is 4.22. The third-order valence-electron chi connectivity index (χ3n) is 3.79. The molecule has 0 amide bonds. The first-order chi connectivity index (χ1) is 8.20. The van der Waals surface area contributed by atoms with Gasteiger partial charge in [-0.3, -0.25) is 4.98 Å². The topological polar surface area (TPSA) is 42.1 Å². The van der Waals surface area contributed by atoms with E-state index in [1.54, 1.807) is 0 Å². The Morgan fingerprint density at radius 1 is 1.41 bits per heavy atom. The second-order valence-electron chi connectivity index (χ2n) is 5.07. The van der Waals surface area contributed by atoms with E-state index in [2.05, 4.69) is 22.9 Å². The zero-order chi connectivity index (χ0) is 12.3. The van der Waals surface area contributed by atoms with E-state index < -0.39 is 0 Å². The van der Waals surface area contributed by atoms with Gasteiger partial charge in [0.15, 0.2) is 0 Å². The number of piperidine rings is 1. The lowest BCUT2D eigenvalue weighted by atomic mass is 9.94. The fourth-order valence-electron chi connectivity index (χ4n) is 2.45. The SMILES string of the molecule is CCC1CCN(c2ccc([C@H](C)N)nc2)CC1. The Morgan fingerprint density at radius 3 is 2.59 bits per heavy atom. The molecule has 3 nitrogen and oxygen atoms in total. The monoisotopic (exact) mass is 233 g/mol. The minimum atomic E-state index is 0.0230. The van der Waals surface area contributed by atoms with Crippen LogP contribution < -0.4 is 10.6 Å². The van der Waals surface area contributed by atoms with Gasteiger partial charge in [0.05, 0.1) is 17.6 Å². The molecular formula is C14H23N3. The lowest BCUT2D eigenvalue weighted by Gasteiger charge is -2.33. The molecule has 0 radical (unpaired) electrons. The van der Waals surface area contributed by atoms with Crippen LogP contribution in [0.25, 0.3) is 0 Å². The van der Waals surface area contributed by atoms with Gasteiger partial charge in [-0.15, -0.1) is 0 Å². The molecule has 0 spiro atoms. The highest BCUT2D eigenvalue weighted by molar-refractivity contribution is 5.45. The molecule has 0 bridgehead atoms. The zero-order valence-corrected chi connectivity index (χ0v) is 10.9. The van der Waals surface area contributed by atoms with Gasteiger partial charge in [0.2, 0.25) is 0 Å².